The van der Waals surface area contributed by atoms with Gasteiger partial charge in [0.15, 0.2) is 0 Å². The van der Waals surface area contributed by atoms with Crippen LogP contribution in [0.15, 0.2) is 54.6 Å². The van der Waals surface area contributed by atoms with E-state index in [4.69, 9.17) is 5.73 Å². The van der Waals surface area contributed by atoms with Gasteiger partial charge in [-0.1, -0.05) is 74.9 Å². The van der Waals surface area contributed by atoms with Gasteiger partial charge in [-0.3, -0.25) is 0 Å². The lowest BCUT2D eigenvalue weighted by molar-refractivity contribution is 0.0884. The number of benzene rings is 4. The van der Waals surface area contributed by atoms with Gasteiger partial charge in [0.1, 0.15) is 0 Å². The number of nitrogens with two attached hydrogens (primary N) is 1. The van der Waals surface area contributed by atoms with Gasteiger partial charge in [-0.25, -0.2) is 0 Å². The summed E-state index contributed by atoms with van der Waals surface area (Å²) >= 11 is 0. The molecule has 2 heteroatoms. The summed E-state index contributed by atoms with van der Waals surface area (Å²) in [6, 6.07) is 18.9. The van der Waals surface area contributed by atoms with Gasteiger partial charge in [0.25, 0.3) is 0 Å². The van der Waals surface area contributed by atoms with Crippen LogP contribution in [0.25, 0.3) is 32.3 Å². The summed E-state index contributed by atoms with van der Waals surface area (Å²) in [5.41, 5.74) is 7.50. The summed E-state index contributed by atoms with van der Waals surface area (Å²) in [6.45, 7) is 4.14. The Balaban J connectivity index is 2.01. The molecule has 0 saturated heterocycles. The maximum absolute atomic E-state index is 10.6. The fourth-order valence-corrected chi connectivity index (χ4v) is 3.83. The Morgan fingerprint density at radius 3 is 2.12 bits per heavy atom. The van der Waals surface area contributed by atoms with E-state index in [1.54, 1.807) is 0 Å². The van der Waals surface area contributed by atoms with Crippen molar-refractivity contribution in [3.63, 3.8) is 0 Å². The van der Waals surface area contributed by atoms with Crippen LogP contribution in [0.5, 0.6) is 0 Å². The van der Waals surface area contributed by atoms with Crippen molar-refractivity contribution in [3.8, 4) is 0 Å². The molecular formula is C22H23NO. The molecule has 2 nitrogen and oxygen atoms in total. The predicted molar refractivity (Wildman–Crippen MR) is 103 cm³/mol. The zero-order chi connectivity index (χ0) is 16.8. The first-order valence-electron chi connectivity index (χ1n) is 8.72. The molecule has 3 atom stereocenters. The summed E-state index contributed by atoms with van der Waals surface area (Å²) in [5.74, 6) is 0.179. The molecule has 0 aromatic heterocycles. The average Bonchev–Trinajstić information content (AvgIpc) is 2.64. The van der Waals surface area contributed by atoms with Crippen LogP contribution in [0.2, 0.25) is 0 Å². The molecule has 122 valence electrons. The van der Waals surface area contributed by atoms with Crippen molar-refractivity contribution in [1.82, 2.24) is 0 Å². The molecule has 4 aromatic carbocycles. The first-order chi connectivity index (χ1) is 11.6. The Hall–Kier alpha value is -2.16. The molecular weight excluding hydrogens is 294 g/mol. The van der Waals surface area contributed by atoms with Gasteiger partial charge in [-0.2, -0.15) is 0 Å². The zero-order valence-corrected chi connectivity index (χ0v) is 14.2. The second kappa shape index (κ2) is 5.73. The monoisotopic (exact) mass is 317 g/mol. The lowest BCUT2D eigenvalue weighted by atomic mass is 9.86. The van der Waals surface area contributed by atoms with Gasteiger partial charge < -0.3 is 10.8 Å². The van der Waals surface area contributed by atoms with Gasteiger partial charge >= 0.3 is 0 Å². The Morgan fingerprint density at radius 2 is 1.46 bits per heavy atom. The third kappa shape index (κ3) is 2.18. The minimum absolute atomic E-state index is 0.179. The fourth-order valence-electron chi connectivity index (χ4n) is 3.83. The third-order valence-electron chi connectivity index (χ3n) is 5.52. The van der Waals surface area contributed by atoms with E-state index in [1.807, 2.05) is 0 Å². The number of hydrogen-bond acceptors (Lipinski definition) is 2. The van der Waals surface area contributed by atoms with Crippen LogP contribution < -0.4 is 5.73 Å². The molecule has 24 heavy (non-hydrogen) atoms. The van der Waals surface area contributed by atoms with E-state index in [1.165, 1.54) is 26.9 Å². The number of aliphatic hydroxyl groups excluding tert-OH is 1. The zero-order valence-electron chi connectivity index (χ0n) is 14.2. The van der Waals surface area contributed by atoms with Crippen molar-refractivity contribution in [2.24, 2.45) is 11.7 Å². The predicted octanol–water partition coefficient (Wildman–Crippen LogP) is 4.99. The molecule has 0 aliphatic heterocycles. The molecule has 0 bridgehead atoms. The van der Waals surface area contributed by atoms with Gasteiger partial charge in [0, 0.05) is 0 Å². The first-order valence-corrected chi connectivity index (χ1v) is 8.72. The van der Waals surface area contributed by atoms with E-state index in [2.05, 4.69) is 68.4 Å². The summed E-state index contributed by atoms with van der Waals surface area (Å²) in [4.78, 5) is 0. The van der Waals surface area contributed by atoms with E-state index >= 15 is 0 Å². The van der Waals surface area contributed by atoms with E-state index in [-0.39, 0.29) is 12.0 Å². The minimum atomic E-state index is -0.534. The van der Waals surface area contributed by atoms with Gasteiger partial charge in [-0.05, 0) is 43.8 Å². The number of aliphatic hydroxyl groups is 1. The molecule has 1 unspecified atom stereocenters. The van der Waals surface area contributed by atoms with Crippen molar-refractivity contribution in [2.45, 2.75) is 32.4 Å². The normalized spacial score (nSPS) is 16.0. The second-order valence-electron chi connectivity index (χ2n) is 6.91. The maximum Gasteiger partial charge on any atom is 0.0758 e. The standard InChI is InChI=1S/C22H23NO/c1-3-13(2)22(24)21(23)18-12-10-16-8-7-14-5-4-6-15-9-11-17(18)20(16)19(14)15/h4-13,21-22,24H,3,23H2,1-2H3/t13?,21-,22+/m1/s1. The topological polar surface area (TPSA) is 46.2 Å². The molecule has 0 radical (unpaired) electrons. The van der Waals surface area contributed by atoms with Gasteiger partial charge in [-0.15, -0.1) is 0 Å². The van der Waals surface area contributed by atoms with Crippen LogP contribution in [0.4, 0.5) is 0 Å². The van der Waals surface area contributed by atoms with Crippen LogP contribution in [-0.4, -0.2) is 11.2 Å². The van der Waals surface area contributed by atoms with Crippen molar-refractivity contribution in [2.75, 3.05) is 0 Å². The molecule has 4 aromatic rings. The highest BCUT2D eigenvalue weighted by molar-refractivity contribution is 6.23. The summed E-state index contributed by atoms with van der Waals surface area (Å²) < 4.78 is 0. The third-order valence-corrected chi connectivity index (χ3v) is 5.52. The lowest BCUT2D eigenvalue weighted by Crippen LogP contribution is -2.31. The van der Waals surface area contributed by atoms with Gasteiger partial charge in [0.05, 0.1) is 12.1 Å². The lowest BCUT2D eigenvalue weighted by Gasteiger charge is -2.26. The molecule has 4 rings (SSSR count). The average molecular weight is 317 g/mol. The summed E-state index contributed by atoms with van der Waals surface area (Å²) in [5, 5.41) is 18.0. The second-order valence-corrected chi connectivity index (χ2v) is 6.91. The van der Waals surface area contributed by atoms with E-state index < -0.39 is 6.10 Å². The molecule has 0 saturated carbocycles. The highest BCUT2D eigenvalue weighted by Crippen LogP contribution is 2.38. The summed E-state index contributed by atoms with van der Waals surface area (Å²) in [6.07, 6.45) is 0.384. The Kier molecular flexibility index (Phi) is 3.67. The molecule has 0 spiro atoms. The largest absolute Gasteiger partial charge is 0.391 e. The SMILES string of the molecule is CCC(C)[C@H](O)[C@H](N)c1ccc2ccc3cccc4ccc1c2c34. The fraction of sp³-hybridized carbons (Fsp3) is 0.273. The Labute approximate surface area is 142 Å². The highest BCUT2D eigenvalue weighted by Gasteiger charge is 2.24. The first kappa shape index (κ1) is 15.4. The number of hydrogen-bond donors (Lipinski definition) is 2. The maximum atomic E-state index is 10.6. The van der Waals surface area contributed by atoms with Crippen molar-refractivity contribution >= 4 is 32.3 Å². The van der Waals surface area contributed by atoms with Gasteiger partial charge in [0.2, 0.25) is 0 Å². The molecule has 0 aliphatic carbocycles. The van der Waals surface area contributed by atoms with E-state index in [0.717, 1.165) is 17.4 Å². The molecule has 3 N–H and O–H groups in total. The van der Waals surface area contributed by atoms with Crippen molar-refractivity contribution in [1.29, 1.82) is 0 Å². The molecule has 0 amide bonds. The van der Waals surface area contributed by atoms with Crippen molar-refractivity contribution in [3.05, 3.63) is 60.2 Å². The Morgan fingerprint density at radius 1 is 0.875 bits per heavy atom. The van der Waals surface area contributed by atoms with E-state index in [9.17, 15) is 5.11 Å². The molecule has 0 fully saturated rings. The van der Waals surface area contributed by atoms with Crippen LogP contribution in [0.3, 0.4) is 0 Å². The highest BCUT2D eigenvalue weighted by atomic mass is 16.3. The smallest absolute Gasteiger partial charge is 0.0758 e. The molecule has 0 heterocycles. The van der Waals surface area contributed by atoms with Crippen LogP contribution in [0.1, 0.15) is 31.9 Å². The van der Waals surface area contributed by atoms with Crippen LogP contribution in [-0.2, 0) is 0 Å². The quantitative estimate of drug-likeness (QED) is 0.521. The minimum Gasteiger partial charge on any atom is -0.391 e. The Bertz CT molecular complexity index is 991. The molecule has 0 aliphatic rings. The van der Waals surface area contributed by atoms with Crippen molar-refractivity contribution < 1.29 is 5.11 Å². The number of rotatable bonds is 4. The summed E-state index contributed by atoms with van der Waals surface area (Å²) in [7, 11) is 0. The van der Waals surface area contributed by atoms with E-state index in [0.29, 0.717) is 0 Å². The van der Waals surface area contributed by atoms with Crippen LogP contribution >= 0.6 is 0 Å². The van der Waals surface area contributed by atoms with Crippen LogP contribution in [0, 0.1) is 5.92 Å².